The monoisotopic (exact) mass is 233 g/mol. The summed E-state index contributed by atoms with van der Waals surface area (Å²) in [4.78, 5) is 10.7. The van der Waals surface area contributed by atoms with Gasteiger partial charge in [0.25, 0.3) is 0 Å². The summed E-state index contributed by atoms with van der Waals surface area (Å²) in [7, 11) is 1.91. The molecule has 1 aromatic rings. The van der Waals surface area contributed by atoms with Crippen LogP contribution in [0.4, 0.5) is 0 Å². The molecule has 0 saturated heterocycles. The molecule has 0 amide bonds. The fourth-order valence-electron chi connectivity index (χ4n) is 1.26. The van der Waals surface area contributed by atoms with Crippen molar-refractivity contribution >= 4 is 16.9 Å². The molecule has 0 bridgehead atoms. The van der Waals surface area contributed by atoms with Gasteiger partial charge in [-0.15, -0.1) is 0 Å². The summed E-state index contributed by atoms with van der Waals surface area (Å²) in [5.41, 5.74) is 2.21. The van der Waals surface area contributed by atoms with Crippen LogP contribution in [0.1, 0.15) is 18.1 Å². The molecule has 1 aromatic carbocycles. The Bertz CT molecular complexity index is 417. The smallest absolute Gasteiger partial charge is 0.186 e. The molecule has 3 heteroatoms. The summed E-state index contributed by atoms with van der Waals surface area (Å²) >= 11 is 1.24. The molecule has 0 aromatic heterocycles. The highest BCUT2D eigenvalue weighted by Crippen LogP contribution is 2.07. The molecule has 0 atom stereocenters. The van der Waals surface area contributed by atoms with Crippen molar-refractivity contribution in [2.75, 3.05) is 12.8 Å². The fraction of sp³-hybridized carbons (Fsp3) is 0.308. The molecule has 0 aliphatic carbocycles. The van der Waals surface area contributed by atoms with Crippen LogP contribution >= 0.6 is 11.8 Å². The highest BCUT2D eigenvalue weighted by atomic mass is 32.2. The van der Waals surface area contributed by atoms with Gasteiger partial charge in [-0.05, 0) is 18.7 Å². The Balaban J connectivity index is 2.68. The average Bonchev–Trinajstić information content (AvgIpc) is 2.26. The zero-order valence-electron chi connectivity index (χ0n) is 9.54. The van der Waals surface area contributed by atoms with E-state index in [0.29, 0.717) is 5.75 Å². The van der Waals surface area contributed by atoms with Gasteiger partial charge in [-0.1, -0.05) is 41.8 Å². The van der Waals surface area contributed by atoms with Crippen molar-refractivity contribution in [2.24, 2.45) is 0 Å². The number of carbonyl (C=O) groups excluding carboxylic acids is 1. The summed E-state index contributed by atoms with van der Waals surface area (Å²) < 4.78 is 0. The van der Waals surface area contributed by atoms with Crippen molar-refractivity contribution in [2.45, 2.75) is 13.5 Å². The van der Waals surface area contributed by atoms with Crippen LogP contribution in [0, 0.1) is 11.8 Å². The third kappa shape index (κ3) is 4.52. The highest BCUT2D eigenvalue weighted by Gasteiger charge is 1.96. The van der Waals surface area contributed by atoms with Gasteiger partial charge in [-0.3, -0.25) is 4.79 Å². The second kappa shape index (κ2) is 7.10. The van der Waals surface area contributed by atoms with Crippen molar-refractivity contribution in [3.63, 3.8) is 0 Å². The van der Waals surface area contributed by atoms with Crippen molar-refractivity contribution in [1.29, 1.82) is 0 Å². The number of carbonyl (C=O) groups is 1. The number of nitrogens with one attached hydrogen (secondary N) is 1. The number of hydrogen-bond donors (Lipinski definition) is 1. The summed E-state index contributed by atoms with van der Waals surface area (Å²) in [6.45, 7) is 2.37. The lowest BCUT2D eigenvalue weighted by molar-refractivity contribution is -0.109. The molecule has 0 fully saturated rings. The Morgan fingerprint density at radius 3 is 2.88 bits per heavy atom. The van der Waals surface area contributed by atoms with Crippen LogP contribution in [0.15, 0.2) is 24.3 Å². The van der Waals surface area contributed by atoms with Crippen molar-refractivity contribution in [3.05, 3.63) is 35.4 Å². The van der Waals surface area contributed by atoms with E-state index >= 15 is 0 Å². The summed E-state index contributed by atoms with van der Waals surface area (Å²) in [6.07, 6.45) is 0. The lowest BCUT2D eigenvalue weighted by Gasteiger charge is -2.02. The van der Waals surface area contributed by atoms with E-state index in [4.69, 9.17) is 0 Å². The maximum absolute atomic E-state index is 10.7. The number of hydrogen-bond acceptors (Lipinski definition) is 3. The van der Waals surface area contributed by atoms with E-state index in [1.54, 1.807) is 6.92 Å². The van der Waals surface area contributed by atoms with Crippen LogP contribution in [-0.4, -0.2) is 17.9 Å². The van der Waals surface area contributed by atoms with E-state index in [9.17, 15) is 4.79 Å². The van der Waals surface area contributed by atoms with E-state index in [1.807, 2.05) is 25.2 Å². The van der Waals surface area contributed by atoms with Crippen LogP contribution in [0.5, 0.6) is 0 Å². The highest BCUT2D eigenvalue weighted by molar-refractivity contribution is 8.13. The van der Waals surface area contributed by atoms with Crippen LogP contribution in [0.25, 0.3) is 0 Å². The van der Waals surface area contributed by atoms with E-state index in [0.717, 1.165) is 12.1 Å². The van der Waals surface area contributed by atoms with E-state index in [-0.39, 0.29) is 5.12 Å². The first-order valence-electron chi connectivity index (χ1n) is 5.08. The molecule has 1 rings (SSSR count). The van der Waals surface area contributed by atoms with Crippen LogP contribution in [-0.2, 0) is 11.3 Å². The minimum Gasteiger partial charge on any atom is -0.316 e. The van der Waals surface area contributed by atoms with E-state index in [2.05, 4.69) is 23.2 Å². The lowest BCUT2D eigenvalue weighted by Crippen LogP contribution is -2.06. The Morgan fingerprint density at radius 1 is 1.44 bits per heavy atom. The zero-order valence-corrected chi connectivity index (χ0v) is 10.4. The molecule has 0 aliphatic heterocycles. The van der Waals surface area contributed by atoms with Gasteiger partial charge >= 0.3 is 0 Å². The van der Waals surface area contributed by atoms with Gasteiger partial charge in [0.1, 0.15) is 0 Å². The first kappa shape index (κ1) is 12.8. The average molecular weight is 233 g/mol. The molecular formula is C13H15NOS. The molecule has 0 radical (unpaired) electrons. The van der Waals surface area contributed by atoms with Crippen molar-refractivity contribution in [3.8, 4) is 11.8 Å². The van der Waals surface area contributed by atoms with Gasteiger partial charge in [-0.25, -0.2) is 0 Å². The van der Waals surface area contributed by atoms with E-state index in [1.165, 1.54) is 17.3 Å². The summed E-state index contributed by atoms with van der Waals surface area (Å²) in [5.74, 6) is 6.65. The molecule has 16 heavy (non-hydrogen) atoms. The third-order valence-electron chi connectivity index (χ3n) is 1.96. The second-order valence-corrected chi connectivity index (χ2v) is 4.42. The first-order valence-corrected chi connectivity index (χ1v) is 6.07. The minimum atomic E-state index is 0.109. The quantitative estimate of drug-likeness (QED) is 0.810. The topological polar surface area (TPSA) is 29.1 Å². The summed E-state index contributed by atoms with van der Waals surface area (Å²) in [6, 6.07) is 8.03. The Morgan fingerprint density at radius 2 is 2.19 bits per heavy atom. The molecule has 2 nitrogen and oxygen atoms in total. The second-order valence-electron chi connectivity index (χ2n) is 3.27. The number of benzene rings is 1. The number of rotatable bonds is 3. The predicted molar refractivity (Wildman–Crippen MR) is 69.2 cm³/mol. The molecule has 84 valence electrons. The normalized spacial score (nSPS) is 9.38. The molecule has 0 unspecified atom stereocenters. The van der Waals surface area contributed by atoms with Crippen molar-refractivity contribution < 1.29 is 4.79 Å². The van der Waals surface area contributed by atoms with Gasteiger partial charge in [0.05, 0.1) is 5.75 Å². The first-order chi connectivity index (χ1) is 7.74. The van der Waals surface area contributed by atoms with Gasteiger partial charge < -0.3 is 5.32 Å². The Hall–Kier alpha value is -1.24. The molecule has 0 spiro atoms. The van der Waals surface area contributed by atoms with Gasteiger partial charge in [-0.2, -0.15) is 0 Å². The Kier molecular flexibility index (Phi) is 5.69. The molecular weight excluding hydrogens is 218 g/mol. The standard InChI is InChI=1S/C13H15NOS/c1-11(15)16-9-5-8-12-6-3-4-7-13(12)10-14-2/h3-4,6-7,14H,9-10H2,1-2H3. The fourth-order valence-corrected chi connectivity index (χ4v) is 1.60. The maximum atomic E-state index is 10.7. The predicted octanol–water partition coefficient (Wildman–Crippen LogP) is 2.04. The van der Waals surface area contributed by atoms with Crippen LogP contribution in [0.3, 0.4) is 0 Å². The third-order valence-corrected chi connectivity index (χ3v) is 2.65. The van der Waals surface area contributed by atoms with Gasteiger partial charge in [0.2, 0.25) is 0 Å². The maximum Gasteiger partial charge on any atom is 0.186 e. The molecule has 0 aliphatic rings. The molecule has 0 heterocycles. The Labute approximate surface area is 101 Å². The largest absolute Gasteiger partial charge is 0.316 e. The van der Waals surface area contributed by atoms with Crippen molar-refractivity contribution in [1.82, 2.24) is 5.32 Å². The van der Waals surface area contributed by atoms with Gasteiger partial charge in [0.15, 0.2) is 5.12 Å². The van der Waals surface area contributed by atoms with E-state index < -0.39 is 0 Å². The summed E-state index contributed by atoms with van der Waals surface area (Å²) in [5, 5.41) is 3.22. The molecule has 0 saturated carbocycles. The van der Waals surface area contributed by atoms with Crippen LogP contribution < -0.4 is 5.32 Å². The van der Waals surface area contributed by atoms with Gasteiger partial charge in [0, 0.05) is 19.0 Å². The lowest BCUT2D eigenvalue weighted by atomic mass is 10.1. The van der Waals surface area contributed by atoms with Crippen LogP contribution in [0.2, 0.25) is 0 Å². The SMILES string of the molecule is CNCc1ccccc1C#CCSC(C)=O. The minimum absolute atomic E-state index is 0.109. The molecule has 1 N–H and O–H groups in total. The zero-order chi connectivity index (χ0) is 11.8. The number of thioether (sulfide) groups is 1.